The molecule has 0 aromatic heterocycles. The number of ether oxygens (including phenoxy) is 3. The van der Waals surface area contributed by atoms with Gasteiger partial charge in [-0.25, -0.2) is 14.4 Å². The Morgan fingerprint density at radius 1 is 0.966 bits per heavy atom. The van der Waals surface area contributed by atoms with Gasteiger partial charge in [0.1, 0.15) is 5.60 Å². The van der Waals surface area contributed by atoms with Crippen molar-refractivity contribution in [2.45, 2.75) is 95.2 Å². The first-order valence-corrected chi connectivity index (χ1v) is 11.5. The highest BCUT2D eigenvalue weighted by Crippen LogP contribution is 2.41. The highest BCUT2D eigenvalue weighted by Gasteiger charge is 2.50. The van der Waals surface area contributed by atoms with Gasteiger partial charge in [0.15, 0.2) is 0 Å². The van der Waals surface area contributed by atoms with Gasteiger partial charge < -0.3 is 19.5 Å². The van der Waals surface area contributed by atoms with Crippen LogP contribution >= 0.6 is 11.8 Å². The lowest BCUT2D eigenvalue weighted by molar-refractivity contribution is -0.159. The molecule has 8 heteroatoms. The first-order valence-electron chi connectivity index (χ1n) is 10.6. The van der Waals surface area contributed by atoms with Crippen molar-refractivity contribution in [1.29, 1.82) is 0 Å². The SMILES string of the molecule is CCOC(=O)C(CCCNC(=O)OC(C)(C)C)(SC1CCCCC1)C(=O)OCC. The van der Waals surface area contributed by atoms with E-state index in [1.807, 2.05) is 0 Å². The van der Waals surface area contributed by atoms with Crippen molar-refractivity contribution in [2.75, 3.05) is 19.8 Å². The standard InChI is InChI=1S/C21H37NO6S/c1-6-26-17(23)21(18(24)27-7-2,29-16-12-9-8-10-13-16)14-11-15-22-19(25)28-20(3,4)5/h16H,6-15H2,1-5H3,(H,22,25). The van der Waals surface area contributed by atoms with Crippen molar-refractivity contribution in [2.24, 2.45) is 0 Å². The largest absolute Gasteiger partial charge is 0.465 e. The number of nitrogens with one attached hydrogen (secondary N) is 1. The van der Waals surface area contributed by atoms with E-state index < -0.39 is 28.4 Å². The molecule has 0 unspecified atom stereocenters. The molecule has 1 saturated carbocycles. The molecule has 29 heavy (non-hydrogen) atoms. The van der Waals surface area contributed by atoms with Crippen LogP contribution in [0.1, 0.15) is 79.6 Å². The highest BCUT2D eigenvalue weighted by molar-refractivity contribution is 8.02. The Morgan fingerprint density at radius 2 is 1.52 bits per heavy atom. The summed E-state index contributed by atoms with van der Waals surface area (Å²) in [6, 6.07) is 0. The Balaban J connectivity index is 2.86. The molecule has 0 saturated heterocycles. The average molecular weight is 432 g/mol. The van der Waals surface area contributed by atoms with Crippen LogP contribution in [0.4, 0.5) is 4.79 Å². The zero-order valence-electron chi connectivity index (χ0n) is 18.5. The van der Waals surface area contributed by atoms with E-state index in [0.717, 1.165) is 25.7 Å². The summed E-state index contributed by atoms with van der Waals surface area (Å²) in [6.07, 6.45) is 5.47. The molecule has 0 radical (unpaired) electrons. The van der Waals surface area contributed by atoms with E-state index in [-0.39, 0.29) is 24.9 Å². The quantitative estimate of drug-likeness (QED) is 0.240. The van der Waals surface area contributed by atoms with E-state index in [2.05, 4.69) is 5.32 Å². The summed E-state index contributed by atoms with van der Waals surface area (Å²) in [6.45, 7) is 9.51. The molecule has 1 amide bonds. The molecule has 1 aliphatic rings. The summed E-state index contributed by atoms with van der Waals surface area (Å²) in [4.78, 5) is 37.7. The molecule has 0 aromatic rings. The number of alkyl carbamates (subject to hydrolysis) is 1. The Labute approximate surface area is 179 Å². The minimum absolute atomic E-state index is 0.196. The van der Waals surface area contributed by atoms with E-state index >= 15 is 0 Å². The second-order valence-corrected chi connectivity index (χ2v) is 9.78. The fourth-order valence-electron chi connectivity index (χ4n) is 3.25. The minimum Gasteiger partial charge on any atom is -0.465 e. The highest BCUT2D eigenvalue weighted by atomic mass is 32.2. The summed E-state index contributed by atoms with van der Waals surface area (Å²) in [7, 11) is 0. The summed E-state index contributed by atoms with van der Waals surface area (Å²) in [5, 5.41) is 2.90. The molecule has 1 rings (SSSR count). The van der Waals surface area contributed by atoms with Gasteiger partial charge in [-0.2, -0.15) is 0 Å². The monoisotopic (exact) mass is 431 g/mol. The first-order chi connectivity index (χ1) is 13.6. The summed E-state index contributed by atoms with van der Waals surface area (Å²) in [5.41, 5.74) is -0.583. The molecule has 0 aliphatic heterocycles. The average Bonchev–Trinajstić information content (AvgIpc) is 2.64. The Kier molecular flexibility index (Phi) is 10.9. The van der Waals surface area contributed by atoms with Gasteiger partial charge >= 0.3 is 18.0 Å². The lowest BCUT2D eigenvalue weighted by atomic mass is 10.00. The molecule has 0 spiro atoms. The smallest absolute Gasteiger partial charge is 0.407 e. The second kappa shape index (κ2) is 12.3. The van der Waals surface area contributed by atoms with Gasteiger partial charge in [-0.3, -0.25) is 0 Å². The van der Waals surface area contributed by atoms with Gasteiger partial charge in [-0.15, -0.1) is 11.8 Å². The lowest BCUT2D eigenvalue weighted by Gasteiger charge is -2.33. The van der Waals surface area contributed by atoms with Crippen molar-refractivity contribution >= 4 is 29.8 Å². The fraction of sp³-hybridized carbons (Fsp3) is 0.857. The third-order valence-corrected chi connectivity index (χ3v) is 6.25. The lowest BCUT2D eigenvalue weighted by Crippen LogP contribution is -2.48. The van der Waals surface area contributed by atoms with E-state index in [9.17, 15) is 14.4 Å². The third kappa shape index (κ3) is 8.84. The van der Waals surface area contributed by atoms with E-state index in [0.29, 0.717) is 13.0 Å². The van der Waals surface area contributed by atoms with Crippen LogP contribution < -0.4 is 5.32 Å². The molecule has 7 nitrogen and oxygen atoms in total. The van der Waals surface area contributed by atoms with Crippen LogP contribution in [0.25, 0.3) is 0 Å². The van der Waals surface area contributed by atoms with Crippen LogP contribution in [-0.4, -0.2) is 53.4 Å². The zero-order chi connectivity index (χ0) is 21.9. The Bertz CT molecular complexity index is 522. The molecule has 0 heterocycles. The molecular formula is C21H37NO6S. The zero-order valence-corrected chi connectivity index (χ0v) is 19.3. The number of hydrogen-bond acceptors (Lipinski definition) is 7. The number of esters is 2. The number of rotatable bonds is 10. The van der Waals surface area contributed by atoms with Crippen LogP contribution in [0, 0.1) is 0 Å². The molecule has 0 aromatic carbocycles. The number of carbonyl (C=O) groups excluding carboxylic acids is 3. The van der Waals surface area contributed by atoms with Crippen LogP contribution in [0.3, 0.4) is 0 Å². The van der Waals surface area contributed by atoms with Gasteiger partial charge in [-0.05, 0) is 60.3 Å². The van der Waals surface area contributed by atoms with E-state index in [1.54, 1.807) is 34.6 Å². The fourth-order valence-corrected chi connectivity index (χ4v) is 4.96. The molecule has 1 aliphatic carbocycles. The number of hydrogen-bond donors (Lipinski definition) is 1. The maximum atomic E-state index is 12.9. The predicted octanol–water partition coefficient (Wildman–Crippen LogP) is 4.22. The maximum Gasteiger partial charge on any atom is 0.407 e. The minimum atomic E-state index is -1.40. The summed E-state index contributed by atoms with van der Waals surface area (Å²) in [5.74, 6) is -1.10. The molecule has 1 fully saturated rings. The predicted molar refractivity (Wildman–Crippen MR) is 114 cm³/mol. The third-order valence-electron chi connectivity index (χ3n) is 4.50. The molecule has 0 bridgehead atoms. The van der Waals surface area contributed by atoms with Crippen molar-refractivity contribution in [3.63, 3.8) is 0 Å². The number of carbonyl (C=O) groups is 3. The summed E-state index contributed by atoms with van der Waals surface area (Å²) >= 11 is 1.39. The molecule has 1 N–H and O–H groups in total. The maximum absolute atomic E-state index is 12.9. The second-order valence-electron chi connectivity index (χ2n) is 8.18. The normalized spacial score (nSPS) is 15.5. The van der Waals surface area contributed by atoms with Crippen molar-refractivity contribution in [3.05, 3.63) is 0 Å². The van der Waals surface area contributed by atoms with E-state index in [4.69, 9.17) is 14.2 Å². The number of amides is 1. The van der Waals surface area contributed by atoms with Gasteiger partial charge in [0, 0.05) is 11.8 Å². The Morgan fingerprint density at radius 3 is 2.00 bits per heavy atom. The van der Waals surface area contributed by atoms with Gasteiger partial charge in [0.25, 0.3) is 0 Å². The van der Waals surface area contributed by atoms with Crippen LogP contribution in [0.5, 0.6) is 0 Å². The topological polar surface area (TPSA) is 90.9 Å². The van der Waals surface area contributed by atoms with Gasteiger partial charge in [0.05, 0.1) is 13.2 Å². The first kappa shape index (κ1) is 25.6. The van der Waals surface area contributed by atoms with Crippen LogP contribution in [0.2, 0.25) is 0 Å². The molecule has 0 atom stereocenters. The Hall–Kier alpha value is -1.44. The van der Waals surface area contributed by atoms with Crippen LogP contribution in [0.15, 0.2) is 0 Å². The number of thioether (sulfide) groups is 1. The molecular weight excluding hydrogens is 394 g/mol. The van der Waals surface area contributed by atoms with Crippen molar-refractivity contribution < 1.29 is 28.6 Å². The summed E-state index contributed by atoms with van der Waals surface area (Å²) < 4.78 is 14.4. The van der Waals surface area contributed by atoms with Crippen molar-refractivity contribution in [3.8, 4) is 0 Å². The van der Waals surface area contributed by atoms with Crippen molar-refractivity contribution in [1.82, 2.24) is 5.32 Å². The van der Waals surface area contributed by atoms with Gasteiger partial charge in [-0.1, -0.05) is 19.3 Å². The van der Waals surface area contributed by atoms with E-state index in [1.165, 1.54) is 18.2 Å². The molecule has 168 valence electrons. The van der Waals surface area contributed by atoms with Crippen LogP contribution in [-0.2, 0) is 23.8 Å². The van der Waals surface area contributed by atoms with Gasteiger partial charge in [0.2, 0.25) is 4.75 Å².